The van der Waals surface area contributed by atoms with Crippen LogP contribution in [0.5, 0.6) is 0 Å². The Balaban J connectivity index is 0.00000154. The number of carbonyl (C=O) groups is 2. The van der Waals surface area contributed by atoms with Crippen molar-refractivity contribution in [1.29, 1.82) is 0 Å². The quantitative estimate of drug-likeness (QED) is 0.777. The largest absolute Gasteiger partial charge is 0.467 e. The van der Waals surface area contributed by atoms with E-state index in [0.29, 0.717) is 0 Å². The van der Waals surface area contributed by atoms with Crippen molar-refractivity contribution in [3.05, 3.63) is 35.9 Å². The van der Waals surface area contributed by atoms with Crippen LogP contribution in [0.1, 0.15) is 19.4 Å². The number of hydrogen-bond donors (Lipinski definition) is 2. The first-order valence-electron chi connectivity index (χ1n) is 6.19. The van der Waals surface area contributed by atoms with Gasteiger partial charge < -0.3 is 15.2 Å². The van der Waals surface area contributed by atoms with Gasteiger partial charge in [0.2, 0.25) is 5.91 Å². The lowest BCUT2D eigenvalue weighted by Gasteiger charge is -2.13. The fraction of sp³-hybridized carbons (Fsp3) is 0.429. The third-order valence-corrected chi connectivity index (χ3v) is 2.21. The van der Waals surface area contributed by atoms with Crippen LogP contribution < -0.4 is 5.32 Å². The van der Waals surface area contributed by atoms with Gasteiger partial charge >= 0.3 is 5.97 Å². The maximum absolute atomic E-state index is 11.6. The van der Waals surface area contributed by atoms with Crippen molar-refractivity contribution in [3.8, 4) is 0 Å². The van der Waals surface area contributed by atoms with Crippen LogP contribution in [-0.2, 0) is 20.7 Å². The molecule has 0 fully saturated rings. The summed E-state index contributed by atoms with van der Waals surface area (Å²) in [4.78, 5) is 22.7. The van der Waals surface area contributed by atoms with Crippen LogP contribution in [0, 0.1) is 0 Å². The lowest BCUT2D eigenvalue weighted by atomic mass is 10.1. The van der Waals surface area contributed by atoms with Crippen LogP contribution in [0.4, 0.5) is 0 Å². The molecule has 0 aliphatic heterocycles. The molecule has 1 amide bonds. The first-order chi connectivity index (χ1) is 9.17. The number of ether oxygens (including phenoxy) is 1. The lowest BCUT2D eigenvalue weighted by molar-refractivity contribution is -0.146. The van der Waals surface area contributed by atoms with Gasteiger partial charge in [0.1, 0.15) is 0 Å². The first kappa shape index (κ1) is 17.1. The van der Waals surface area contributed by atoms with Crippen molar-refractivity contribution in [2.45, 2.75) is 26.3 Å². The SMILES string of the molecule is CC.COC(=O)C(CO)NC(=O)Cc1ccccc1. The van der Waals surface area contributed by atoms with Crippen LogP contribution in [0.25, 0.3) is 0 Å². The Morgan fingerprint density at radius 2 is 1.84 bits per heavy atom. The van der Waals surface area contributed by atoms with Gasteiger partial charge in [-0.05, 0) is 5.56 Å². The zero-order valence-corrected chi connectivity index (χ0v) is 11.6. The van der Waals surface area contributed by atoms with E-state index >= 15 is 0 Å². The fourth-order valence-electron chi connectivity index (χ4n) is 1.35. The van der Waals surface area contributed by atoms with Crippen LogP contribution in [0.2, 0.25) is 0 Å². The highest BCUT2D eigenvalue weighted by Crippen LogP contribution is 1.99. The molecule has 0 saturated carbocycles. The van der Waals surface area contributed by atoms with E-state index in [-0.39, 0.29) is 12.3 Å². The van der Waals surface area contributed by atoms with Gasteiger partial charge in [-0.1, -0.05) is 44.2 Å². The molecule has 0 aromatic heterocycles. The molecule has 106 valence electrons. The van der Waals surface area contributed by atoms with E-state index in [1.165, 1.54) is 7.11 Å². The third kappa shape index (κ3) is 6.57. The summed E-state index contributed by atoms with van der Waals surface area (Å²) in [6.07, 6.45) is 0.161. The van der Waals surface area contributed by atoms with Crippen LogP contribution in [0.3, 0.4) is 0 Å². The summed E-state index contributed by atoms with van der Waals surface area (Å²) in [5.74, 6) is -0.991. The van der Waals surface area contributed by atoms with Gasteiger partial charge in [-0.25, -0.2) is 4.79 Å². The fourth-order valence-corrected chi connectivity index (χ4v) is 1.35. The van der Waals surface area contributed by atoms with Gasteiger partial charge in [-0.2, -0.15) is 0 Å². The molecule has 1 unspecified atom stereocenters. The number of benzene rings is 1. The summed E-state index contributed by atoms with van der Waals surface area (Å²) in [6, 6.07) is 8.12. The van der Waals surface area contributed by atoms with E-state index < -0.39 is 18.6 Å². The van der Waals surface area contributed by atoms with E-state index in [1.807, 2.05) is 44.2 Å². The Bertz CT molecular complexity index is 378. The highest BCUT2D eigenvalue weighted by molar-refractivity contribution is 5.85. The number of hydrogen-bond acceptors (Lipinski definition) is 4. The van der Waals surface area contributed by atoms with Crippen LogP contribution in [-0.4, -0.2) is 36.7 Å². The number of rotatable bonds is 5. The molecule has 0 heterocycles. The molecule has 0 bridgehead atoms. The summed E-state index contributed by atoms with van der Waals surface area (Å²) >= 11 is 0. The molecule has 5 nitrogen and oxygen atoms in total. The maximum atomic E-state index is 11.6. The van der Waals surface area contributed by atoms with Crippen molar-refractivity contribution < 1.29 is 19.4 Å². The minimum atomic E-state index is -1.00. The molecule has 0 saturated heterocycles. The molecular formula is C14H21NO4. The summed E-state index contributed by atoms with van der Waals surface area (Å²) in [5.41, 5.74) is 0.839. The van der Waals surface area contributed by atoms with Gasteiger partial charge in [-0.15, -0.1) is 0 Å². The number of nitrogens with one attached hydrogen (secondary N) is 1. The van der Waals surface area contributed by atoms with Crippen molar-refractivity contribution in [1.82, 2.24) is 5.32 Å². The number of methoxy groups -OCH3 is 1. The number of amides is 1. The molecule has 0 spiro atoms. The van der Waals surface area contributed by atoms with Crippen LogP contribution in [0.15, 0.2) is 30.3 Å². The van der Waals surface area contributed by atoms with E-state index in [9.17, 15) is 9.59 Å². The van der Waals surface area contributed by atoms with E-state index in [4.69, 9.17) is 5.11 Å². The maximum Gasteiger partial charge on any atom is 0.330 e. The molecule has 0 aliphatic carbocycles. The predicted molar refractivity (Wildman–Crippen MR) is 72.5 cm³/mol. The van der Waals surface area contributed by atoms with Crippen molar-refractivity contribution in [2.24, 2.45) is 0 Å². The van der Waals surface area contributed by atoms with E-state index in [1.54, 1.807) is 0 Å². The van der Waals surface area contributed by atoms with Gasteiger partial charge in [-0.3, -0.25) is 4.79 Å². The number of aliphatic hydroxyl groups is 1. The lowest BCUT2D eigenvalue weighted by Crippen LogP contribution is -2.44. The monoisotopic (exact) mass is 267 g/mol. The molecule has 19 heavy (non-hydrogen) atoms. The molecule has 0 radical (unpaired) electrons. The molecule has 2 N–H and O–H groups in total. The molecule has 1 rings (SSSR count). The highest BCUT2D eigenvalue weighted by atomic mass is 16.5. The van der Waals surface area contributed by atoms with Crippen molar-refractivity contribution in [2.75, 3.05) is 13.7 Å². The molecule has 1 atom stereocenters. The summed E-state index contributed by atoms with van der Waals surface area (Å²) < 4.78 is 4.44. The number of aliphatic hydroxyl groups excluding tert-OH is 1. The Hall–Kier alpha value is -1.88. The molecule has 1 aromatic carbocycles. The Morgan fingerprint density at radius 1 is 1.26 bits per heavy atom. The topological polar surface area (TPSA) is 75.6 Å². The summed E-state index contributed by atoms with van der Waals surface area (Å²) in [5, 5.41) is 11.3. The van der Waals surface area contributed by atoms with Gasteiger partial charge in [0.25, 0.3) is 0 Å². The summed E-state index contributed by atoms with van der Waals surface area (Å²) in [7, 11) is 1.20. The van der Waals surface area contributed by atoms with Crippen LogP contribution >= 0.6 is 0 Å². The predicted octanol–water partition coefficient (Wildman–Crippen LogP) is 0.905. The zero-order chi connectivity index (χ0) is 14.7. The summed E-state index contributed by atoms with van der Waals surface area (Å²) in [6.45, 7) is 3.52. The second-order valence-electron chi connectivity index (χ2n) is 3.49. The molecule has 1 aromatic rings. The molecule has 0 aliphatic rings. The van der Waals surface area contributed by atoms with E-state index in [0.717, 1.165) is 5.56 Å². The second-order valence-corrected chi connectivity index (χ2v) is 3.49. The Kier molecular flexibility index (Phi) is 9.08. The average molecular weight is 267 g/mol. The average Bonchev–Trinajstić information content (AvgIpc) is 2.47. The standard InChI is InChI=1S/C12H15NO4.C2H6/c1-17-12(16)10(8-14)13-11(15)7-9-5-3-2-4-6-9;1-2/h2-6,10,14H,7-8H2,1H3,(H,13,15);1-2H3. The Morgan fingerprint density at radius 3 is 2.32 bits per heavy atom. The Labute approximate surface area is 113 Å². The number of carbonyl (C=O) groups excluding carboxylic acids is 2. The van der Waals surface area contributed by atoms with Crippen molar-refractivity contribution in [3.63, 3.8) is 0 Å². The molecule has 5 heteroatoms. The smallest absolute Gasteiger partial charge is 0.330 e. The first-order valence-corrected chi connectivity index (χ1v) is 6.19. The minimum Gasteiger partial charge on any atom is -0.467 e. The number of esters is 1. The van der Waals surface area contributed by atoms with Crippen molar-refractivity contribution >= 4 is 11.9 Å². The highest BCUT2D eigenvalue weighted by Gasteiger charge is 2.20. The third-order valence-electron chi connectivity index (χ3n) is 2.21. The second kappa shape index (κ2) is 10.1. The zero-order valence-electron chi connectivity index (χ0n) is 11.6. The normalized spacial score (nSPS) is 10.7. The molecular weight excluding hydrogens is 246 g/mol. The van der Waals surface area contributed by atoms with E-state index in [2.05, 4.69) is 10.1 Å². The van der Waals surface area contributed by atoms with Gasteiger partial charge in [0, 0.05) is 0 Å². The van der Waals surface area contributed by atoms with Gasteiger partial charge in [0.15, 0.2) is 6.04 Å². The minimum absolute atomic E-state index is 0.161. The van der Waals surface area contributed by atoms with Gasteiger partial charge in [0.05, 0.1) is 20.1 Å².